The molecule has 80 valence electrons. The van der Waals surface area contributed by atoms with Crippen molar-refractivity contribution in [1.29, 1.82) is 0 Å². The quantitative estimate of drug-likeness (QED) is 0.549. The normalized spacial score (nSPS) is 11.9. The summed E-state index contributed by atoms with van der Waals surface area (Å²) in [6.07, 6.45) is 2.52. The third-order valence-electron chi connectivity index (χ3n) is 2.14. The zero-order valence-corrected chi connectivity index (χ0v) is 9.23. The van der Waals surface area contributed by atoms with Crippen molar-refractivity contribution < 1.29 is 4.92 Å². The summed E-state index contributed by atoms with van der Waals surface area (Å²) < 4.78 is 0. The molecule has 0 radical (unpaired) electrons. The molecular formula is C12H15NO2. The zero-order valence-electron chi connectivity index (χ0n) is 9.23. The minimum absolute atomic E-state index is 0.00245. The number of nitro groups is 1. The maximum absolute atomic E-state index is 10.3. The predicted molar refractivity (Wildman–Crippen MR) is 61.2 cm³/mol. The van der Waals surface area contributed by atoms with Gasteiger partial charge in [0.1, 0.15) is 0 Å². The topological polar surface area (TPSA) is 43.1 Å². The summed E-state index contributed by atoms with van der Waals surface area (Å²) in [5.74, 6) is 0. The molecule has 3 heteroatoms. The molecule has 0 saturated heterocycles. The molecule has 0 aliphatic rings. The first-order valence-corrected chi connectivity index (χ1v) is 4.82. The van der Waals surface area contributed by atoms with Gasteiger partial charge in [-0.05, 0) is 16.5 Å². The van der Waals surface area contributed by atoms with Gasteiger partial charge in [-0.3, -0.25) is 10.1 Å². The van der Waals surface area contributed by atoms with E-state index in [1.165, 1.54) is 0 Å². The summed E-state index contributed by atoms with van der Waals surface area (Å²) in [6.45, 7) is 6.27. The van der Waals surface area contributed by atoms with Gasteiger partial charge in [0.05, 0.1) is 4.92 Å². The minimum atomic E-state index is -0.445. The SMILES string of the molecule is CC(C)(C)c1ccccc1C=C[N+](=O)[O-]. The Kier molecular flexibility index (Phi) is 3.24. The van der Waals surface area contributed by atoms with Crippen LogP contribution in [0.2, 0.25) is 0 Å². The smallest absolute Gasteiger partial charge is 0.235 e. The van der Waals surface area contributed by atoms with Crippen LogP contribution in [0.3, 0.4) is 0 Å². The van der Waals surface area contributed by atoms with E-state index in [4.69, 9.17) is 0 Å². The van der Waals surface area contributed by atoms with E-state index in [1.54, 1.807) is 6.08 Å². The summed E-state index contributed by atoms with van der Waals surface area (Å²) in [5, 5.41) is 10.3. The molecule has 0 aromatic heterocycles. The van der Waals surface area contributed by atoms with Crippen LogP contribution in [0.15, 0.2) is 30.5 Å². The van der Waals surface area contributed by atoms with Crippen molar-refractivity contribution in [2.24, 2.45) is 0 Å². The highest BCUT2D eigenvalue weighted by atomic mass is 16.6. The Bertz CT molecular complexity index is 389. The van der Waals surface area contributed by atoms with E-state index >= 15 is 0 Å². The fraction of sp³-hybridized carbons (Fsp3) is 0.333. The van der Waals surface area contributed by atoms with E-state index in [2.05, 4.69) is 20.8 Å². The molecule has 0 atom stereocenters. The molecule has 1 aromatic carbocycles. The van der Waals surface area contributed by atoms with Crippen LogP contribution in [0.5, 0.6) is 0 Å². The van der Waals surface area contributed by atoms with E-state index in [-0.39, 0.29) is 5.41 Å². The van der Waals surface area contributed by atoms with Crippen molar-refractivity contribution in [1.82, 2.24) is 0 Å². The highest BCUT2D eigenvalue weighted by Crippen LogP contribution is 2.26. The first kappa shape index (κ1) is 11.4. The van der Waals surface area contributed by atoms with Crippen molar-refractivity contribution in [3.8, 4) is 0 Å². The van der Waals surface area contributed by atoms with E-state index in [0.717, 1.165) is 17.3 Å². The highest BCUT2D eigenvalue weighted by Gasteiger charge is 2.16. The molecule has 1 rings (SSSR count). The molecule has 0 unspecified atom stereocenters. The molecule has 0 N–H and O–H groups in total. The number of hydrogen-bond donors (Lipinski definition) is 0. The predicted octanol–water partition coefficient (Wildman–Crippen LogP) is 3.23. The third kappa shape index (κ3) is 3.20. The molecule has 0 fully saturated rings. The van der Waals surface area contributed by atoms with Gasteiger partial charge in [-0.25, -0.2) is 0 Å². The van der Waals surface area contributed by atoms with Gasteiger partial charge in [-0.2, -0.15) is 0 Å². The van der Waals surface area contributed by atoms with Gasteiger partial charge in [0, 0.05) is 6.08 Å². The van der Waals surface area contributed by atoms with Crippen LogP contribution in [0, 0.1) is 10.1 Å². The van der Waals surface area contributed by atoms with Gasteiger partial charge < -0.3 is 0 Å². The average molecular weight is 205 g/mol. The van der Waals surface area contributed by atoms with Crippen molar-refractivity contribution in [3.63, 3.8) is 0 Å². The first-order valence-electron chi connectivity index (χ1n) is 4.82. The molecule has 0 bridgehead atoms. The van der Waals surface area contributed by atoms with Crippen LogP contribution in [-0.4, -0.2) is 4.92 Å². The summed E-state index contributed by atoms with van der Waals surface area (Å²) >= 11 is 0. The molecular weight excluding hydrogens is 190 g/mol. The van der Waals surface area contributed by atoms with Crippen LogP contribution < -0.4 is 0 Å². The number of rotatable bonds is 2. The Hall–Kier alpha value is -1.64. The van der Waals surface area contributed by atoms with Gasteiger partial charge >= 0.3 is 0 Å². The van der Waals surface area contributed by atoms with Crippen LogP contribution >= 0.6 is 0 Å². The lowest BCUT2D eigenvalue weighted by Crippen LogP contribution is -2.12. The second-order valence-electron chi connectivity index (χ2n) is 4.44. The lowest BCUT2D eigenvalue weighted by Gasteiger charge is -2.21. The number of nitrogens with zero attached hydrogens (tertiary/aromatic N) is 1. The van der Waals surface area contributed by atoms with Crippen LogP contribution in [0.25, 0.3) is 6.08 Å². The molecule has 0 spiro atoms. The van der Waals surface area contributed by atoms with Crippen molar-refractivity contribution in [2.45, 2.75) is 26.2 Å². The van der Waals surface area contributed by atoms with Gasteiger partial charge in [0.15, 0.2) is 0 Å². The summed E-state index contributed by atoms with van der Waals surface area (Å²) in [7, 11) is 0. The maximum atomic E-state index is 10.3. The molecule has 15 heavy (non-hydrogen) atoms. The Morgan fingerprint density at radius 2 is 1.87 bits per heavy atom. The molecule has 0 heterocycles. The Morgan fingerprint density at radius 1 is 1.27 bits per heavy atom. The number of benzene rings is 1. The molecule has 0 amide bonds. The largest absolute Gasteiger partial charge is 0.259 e. The highest BCUT2D eigenvalue weighted by molar-refractivity contribution is 5.54. The zero-order chi connectivity index (χ0) is 11.5. The van der Waals surface area contributed by atoms with Crippen molar-refractivity contribution in [2.75, 3.05) is 0 Å². The molecule has 3 nitrogen and oxygen atoms in total. The van der Waals surface area contributed by atoms with Gasteiger partial charge in [0.2, 0.25) is 6.20 Å². The fourth-order valence-electron chi connectivity index (χ4n) is 1.47. The molecule has 0 aliphatic carbocycles. The molecule has 0 saturated carbocycles. The van der Waals surface area contributed by atoms with E-state index in [1.807, 2.05) is 24.3 Å². The minimum Gasteiger partial charge on any atom is -0.259 e. The summed E-state index contributed by atoms with van der Waals surface area (Å²) in [6, 6.07) is 7.72. The Labute approximate surface area is 89.6 Å². The van der Waals surface area contributed by atoms with Gasteiger partial charge in [0.25, 0.3) is 0 Å². The van der Waals surface area contributed by atoms with Gasteiger partial charge in [-0.15, -0.1) is 0 Å². The lowest BCUT2D eigenvalue weighted by atomic mass is 9.84. The first-order chi connectivity index (χ1) is 6.91. The third-order valence-corrected chi connectivity index (χ3v) is 2.14. The summed E-state index contributed by atoms with van der Waals surface area (Å²) in [5.41, 5.74) is 2.02. The van der Waals surface area contributed by atoms with E-state index in [9.17, 15) is 10.1 Å². The van der Waals surface area contributed by atoms with Crippen LogP contribution in [0.4, 0.5) is 0 Å². The monoisotopic (exact) mass is 205 g/mol. The van der Waals surface area contributed by atoms with Crippen LogP contribution in [0.1, 0.15) is 31.9 Å². The molecule has 1 aromatic rings. The average Bonchev–Trinajstić information content (AvgIpc) is 2.13. The summed E-state index contributed by atoms with van der Waals surface area (Å²) in [4.78, 5) is 9.81. The standard InChI is InChI=1S/C12H15NO2/c1-12(2,3)11-7-5-4-6-10(11)8-9-13(14)15/h4-9H,1-3H3. The van der Waals surface area contributed by atoms with Crippen molar-refractivity contribution >= 4 is 6.08 Å². The molecule has 0 aliphatic heterocycles. The van der Waals surface area contributed by atoms with E-state index < -0.39 is 4.92 Å². The Balaban J connectivity index is 3.13. The number of hydrogen-bond acceptors (Lipinski definition) is 2. The maximum Gasteiger partial charge on any atom is 0.235 e. The lowest BCUT2D eigenvalue weighted by molar-refractivity contribution is -0.400. The second kappa shape index (κ2) is 4.26. The fourth-order valence-corrected chi connectivity index (χ4v) is 1.47. The van der Waals surface area contributed by atoms with Gasteiger partial charge in [-0.1, -0.05) is 45.0 Å². The van der Waals surface area contributed by atoms with E-state index in [0.29, 0.717) is 0 Å². The second-order valence-corrected chi connectivity index (χ2v) is 4.44. The Morgan fingerprint density at radius 3 is 2.40 bits per heavy atom. The van der Waals surface area contributed by atoms with Crippen LogP contribution in [-0.2, 0) is 5.41 Å². The van der Waals surface area contributed by atoms with Crippen molar-refractivity contribution in [3.05, 3.63) is 51.7 Å².